The van der Waals surface area contributed by atoms with Crippen LogP contribution >= 0.6 is 22.9 Å². The Bertz CT molecular complexity index is 1380. The summed E-state index contributed by atoms with van der Waals surface area (Å²) in [6.45, 7) is 7.86. The van der Waals surface area contributed by atoms with Crippen molar-refractivity contribution in [3.05, 3.63) is 58.7 Å². The van der Waals surface area contributed by atoms with Gasteiger partial charge in [-0.05, 0) is 87.5 Å². The highest BCUT2D eigenvalue weighted by atomic mass is 35.5. The molecule has 0 spiro atoms. The number of piperidine rings is 1. The zero-order valence-electron chi connectivity index (χ0n) is 23.1. The molecule has 0 N–H and O–H groups in total. The van der Waals surface area contributed by atoms with Crippen molar-refractivity contribution in [2.45, 2.75) is 58.7 Å². The third-order valence-electron chi connectivity index (χ3n) is 6.98. The normalized spacial score (nSPS) is 14.8. The number of carbonyl (C=O) groups excluding carboxylic acids is 2. The second-order valence-electron chi connectivity index (χ2n) is 10.2. The van der Waals surface area contributed by atoms with Gasteiger partial charge in [-0.3, -0.25) is 4.79 Å². The average molecular weight is 609 g/mol. The number of esters is 2. The first kappa shape index (κ1) is 31.0. The fraction of sp³-hybridized carbons (Fsp3) is 0.433. The maximum absolute atomic E-state index is 12.4. The van der Waals surface area contributed by atoms with Gasteiger partial charge in [0.1, 0.15) is 10.8 Å². The van der Waals surface area contributed by atoms with Crippen molar-refractivity contribution in [3.63, 3.8) is 0 Å². The highest BCUT2D eigenvalue weighted by Crippen LogP contribution is 2.38. The van der Waals surface area contributed by atoms with Crippen LogP contribution in [-0.2, 0) is 27.2 Å². The number of hydrogen-bond donors (Lipinski definition) is 0. The summed E-state index contributed by atoms with van der Waals surface area (Å²) >= 11 is 8.05. The van der Waals surface area contributed by atoms with Gasteiger partial charge in [0.15, 0.2) is 0 Å². The number of benzene rings is 2. The summed E-state index contributed by atoms with van der Waals surface area (Å²) in [5.41, 5.74) is 4.52. The lowest BCUT2D eigenvalue weighted by Gasteiger charge is -2.30. The molecule has 0 atom stereocenters. The number of thiazole rings is 1. The zero-order chi connectivity index (χ0) is 29.7. The molecule has 2 heterocycles. The highest BCUT2D eigenvalue weighted by Gasteiger charge is 2.43. The molecule has 3 aromatic rings. The molecule has 0 radical (unpaired) electrons. The summed E-state index contributed by atoms with van der Waals surface area (Å²) in [5, 5.41) is 1.41. The SMILES string of the molecule is CCc1c(CCN2CCC(C(=O)OC(=O)C(F)(F)F)CC2)cccc1-c1cnc(-c2ccc(OC(C)C)c(Cl)c2)s1. The van der Waals surface area contributed by atoms with Crippen LogP contribution in [-0.4, -0.2) is 53.7 Å². The molecule has 2 aromatic carbocycles. The first-order valence-electron chi connectivity index (χ1n) is 13.5. The van der Waals surface area contributed by atoms with Crippen LogP contribution in [0.4, 0.5) is 13.2 Å². The third-order valence-corrected chi connectivity index (χ3v) is 8.36. The van der Waals surface area contributed by atoms with Gasteiger partial charge in [0, 0.05) is 18.3 Å². The van der Waals surface area contributed by atoms with E-state index in [0.29, 0.717) is 36.7 Å². The Morgan fingerprint density at radius 1 is 1.17 bits per heavy atom. The summed E-state index contributed by atoms with van der Waals surface area (Å²) in [5.74, 6) is -3.62. The molecule has 1 aliphatic heterocycles. The van der Waals surface area contributed by atoms with Crippen molar-refractivity contribution in [3.8, 4) is 26.8 Å². The van der Waals surface area contributed by atoms with Crippen molar-refractivity contribution in [1.82, 2.24) is 9.88 Å². The minimum absolute atomic E-state index is 0.0266. The van der Waals surface area contributed by atoms with Gasteiger partial charge >= 0.3 is 18.1 Å². The standard InChI is InChI=1S/C30H32ClF3N2O4S/c1-4-22-19(10-13-36-14-11-20(12-15-36)28(37)40-29(38)30(32,33)34)6-5-7-23(22)26-17-35-27(41-26)21-8-9-25(24(31)16-21)39-18(2)3/h5-9,16-18,20H,4,10-15H2,1-3H3. The predicted molar refractivity (Wildman–Crippen MR) is 153 cm³/mol. The molecule has 220 valence electrons. The van der Waals surface area contributed by atoms with Crippen LogP contribution in [0.3, 0.4) is 0 Å². The van der Waals surface area contributed by atoms with E-state index in [1.807, 2.05) is 44.3 Å². The van der Waals surface area contributed by atoms with Crippen LogP contribution < -0.4 is 4.74 Å². The van der Waals surface area contributed by atoms with Crippen LogP contribution in [0.5, 0.6) is 5.75 Å². The number of carbonyl (C=O) groups is 2. The number of nitrogens with zero attached hydrogens (tertiary/aromatic N) is 2. The topological polar surface area (TPSA) is 68.7 Å². The first-order chi connectivity index (χ1) is 19.5. The summed E-state index contributed by atoms with van der Waals surface area (Å²) in [7, 11) is 0. The summed E-state index contributed by atoms with van der Waals surface area (Å²) in [4.78, 5) is 30.9. The number of likely N-dealkylation sites (tertiary alicyclic amines) is 1. The van der Waals surface area contributed by atoms with E-state index < -0.39 is 24.0 Å². The Balaban J connectivity index is 1.39. The number of halogens is 4. The van der Waals surface area contributed by atoms with Crippen LogP contribution in [0, 0.1) is 5.92 Å². The lowest BCUT2D eigenvalue weighted by atomic mass is 9.94. The smallest absolute Gasteiger partial charge is 0.489 e. The Morgan fingerprint density at radius 2 is 1.90 bits per heavy atom. The lowest BCUT2D eigenvalue weighted by molar-refractivity contribution is -0.203. The number of aromatic nitrogens is 1. The molecule has 0 aliphatic carbocycles. The van der Waals surface area contributed by atoms with Crippen molar-refractivity contribution >= 4 is 34.9 Å². The molecule has 6 nitrogen and oxygen atoms in total. The number of ether oxygens (including phenoxy) is 2. The maximum atomic E-state index is 12.4. The molecule has 11 heteroatoms. The largest absolute Gasteiger partial charge is 0.491 e. The van der Waals surface area contributed by atoms with E-state index in [-0.39, 0.29) is 6.10 Å². The van der Waals surface area contributed by atoms with Gasteiger partial charge in [-0.25, -0.2) is 9.78 Å². The van der Waals surface area contributed by atoms with Crippen LogP contribution in [0.25, 0.3) is 21.0 Å². The lowest BCUT2D eigenvalue weighted by Crippen LogP contribution is -2.39. The van der Waals surface area contributed by atoms with Gasteiger partial charge < -0.3 is 14.4 Å². The Hall–Kier alpha value is -2.95. The van der Waals surface area contributed by atoms with Crippen LogP contribution in [0.15, 0.2) is 42.6 Å². The van der Waals surface area contributed by atoms with E-state index in [0.717, 1.165) is 40.4 Å². The Labute approximate surface area is 246 Å². The molecule has 4 rings (SSSR count). The van der Waals surface area contributed by atoms with Crippen molar-refractivity contribution in [2.24, 2.45) is 5.92 Å². The number of alkyl halides is 3. The van der Waals surface area contributed by atoms with Gasteiger partial charge in [0.05, 0.1) is 21.9 Å². The van der Waals surface area contributed by atoms with Gasteiger partial charge in [-0.1, -0.05) is 36.7 Å². The van der Waals surface area contributed by atoms with E-state index in [1.165, 1.54) is 11.1 Å². The molecule has 0 unspecified atom stereocenters. The number of hydrogen-bond acceptors (Lipinski definition) is 7. The summed E-state index contributed by atoms with van der Waals surface area (Å²) in [6, 6.07) is 12.0. The second kappa shape index (κ2) is 13.4. The quantitative estimate of drug-likeness (QED) is 0.187. The zero-order valence-corrected chi connectivity index (χ0v) is 24.7. The molecule has 1 fully saturated rings. The highest BCUT2D eigenvalue weighted by molar-refractivity contribution is 7.18. The maximum Gasteiger partial charge on any atom is 0.491 e. The van der Waals surface area contributed by atoms with E-state index in [1.54, 1.807) is 11.3 Å². The molecule has 1 aromatic heterocycles. The predicted octanol–water partition coefficient (Wildman–Crippen LogP) is 7.37. The van der Waals surface area contributed by atoms with E-state index in [2.05, 4.69) is 33.7 Å². The Morgan fingerprint density at radius 3 is 2.54 bits per heavy atom. The Kier molecular flexibility index (Phi) is 10.1. The molecule has 41 heavy (non-hydrogen) atoms. The first-order valence-corrected chi connectivity index (χ1v) is 14.7. The molecule has 0 bridgehead atoms. The summed E-state index contributed by atoms with van der Waals surface area (Å²) in [6.07, 6.45) is -0.933. The van der Waals surface area contributed by atoms with Gasteiger partial charge in [0.2, 0.25) is 0 Å². The molecule has 0 saturated carbocycles. The molecule has 0 amide bonds. The van der Waals surface area contributed by atoms with Crippen LogP contribution in [0.2, 0.25) is 5.02 Å². The summed E-state index contributed by atoms with van der Waals surface area (Å²) < 4.78 is 46.9. The van der Waals surface area contributed by atoms with Crippen LogP contribution in [0.1, 0.15) is 44.7 Å². The molecule has 1 saturated heterocycles. The fourth-order valence-corrected chi connectivity index (χ4v) is 6.13. The van der Waals surface area contributed by atoms with Crippen molar-refractivity contribution in [2.75, 3.05) is 19.6 Å². The molecular formula is C30H32ClF3N2O4S. The minimum Gasteiger partial charge on any atom is -0.489 e. The van der Waals surface area contributed by atoms with Gasteiger partial charge in [-0.15, -0.1) is 11.3 Å². The van der Waals surface area contributed by atoms with E-state index >= 15 is 0 Å². The van der Waals surface area contributed by atoms with Crippen molar-refractivity contribution in [1.29, 1.82) is 0 Å². The molecular weight excluding hydrogens is 577 g/mol. The van der Waals surface area contributed by atoms with E-state index in [4.69, 9.17) is 16.3 Å². The molecule has 1 aliphatic rings. The average Bonchev–Trinajstić information content (AvgIpc) is 3.42. The fourth-order valence-electron chi connectivity index (χ4n) is 4.94. The monoisotopic (exact) mass is 608 g/mol. The minimum atomic E-state index is -5.18. The van der Waals surface area contributed by atoms with Gasteiger partial charge in [-0.2, -0.15) is 13.2 Å². The number of rotatable bonds is 9. The van der Waals surface area contributed by atoms with Gasteiger partial charge in [0.25, 0.3) is 0 Å². The van der Waals surface area contributed by atoms with Crippen molar-refractivity contribution < 1.29 is 32.2 Å². The van der Waals surface area contributed by atoms with E-state index in [9.17, 15) is 22.8 Å². The second-order valence-corrected chi connectivity index (χ2v) is 11.6. The third kappa shape index (κ3) is 7.87.